The number of carbonyl (C=O) groups excluding carboxylic acids is 1. The molecule has 1 aromatic rings. The summed E-state index contributed by atoms with van der Waals surface area (Å²) in [6.07, 6.45) is 3.32. The standard InChI is InChI=1S/C10H12ClN3O/c1-2-3-7-10(15)14-8-4-6(11)5-12-9(8)13-7/h4-5,7H,2-3H2,1H3,(H,12,13)(H,14,15). The molecule has 0 saturated carbocycles. The Labute approximate surface area is 93.0 Å². The fourth-order valence-corrected chi connectivity index (χ4v) is 1.75. The first-order chi connectivity index (χ1) is 7.20. The molecule has 5 heteroatoms. The molecule has 80 valence electrons. The van der Waals surface area contributed by atoms with Gasteiger partial charge < -0.3 is 10.6 Å². The van der Waals surface area contributed by atoms with Crippen molar-refractivity contribution in [1.82, 2.24) is 4.98 Å². The van der Waals surface area contributed by atoms with Crippen molar-refractivity contribution >= 4 is 29.0 Å². The molecule has 0 fully saturated rings. The second-order valence-electron chi connectivity index (χ2n) is 3.52. The van der Waals surface area contributed by atoms with Crippen LogP contribution in [0, 0.1) is 0 Å². The molecule has 0 aliphatic carbocycles. The summed E-state index contributed by atoms with van der Waals surface area (Å²) in [5, 5.41) is 6.40. The van der Waals surface area contributed by atoms with Crippen LogP contribution in [0.4, 0.5) is 11.5 Å². The highest BCUT2D eigenvalue weighted by Crippen LogP contribution is 2.27. The minimum absolute atomic E-state index is 0.0200. The van der Waals surface area contributed by atoms with Crippen LogP contribution >= 0.6 is 11.6 Å². The number of carbonyl (C=O) groups is 1. The highest BCUT2D eigenvalue weighted by atomic mass is 35.5. The number of hydrogen-bond donors (Lipinski definition) is 2. The van der Waals surface area contributed by atoms with Gasteiger partial charge in [0, 0.05) is 6.20 Å². The molecular formula is C10H12ClN3O. The van der Waals surface area contributed by atoms with Gasteiger partial charge in [0.25, 0.3) is 0 Å². The van der Waals surface area contributed by atoms with E-state index >= 15 is 0 Å². The Balaban J connectivity index is 2.26. The maximum atomic E-state index is 11.6. The van der Waals surface area contributed by atoms with Crippen molar-refractivity contribution in [2.75, 3.05) is 10.6 Å². The summed E-state index contributed by atoms with van der Waals surface area (Å²) in [5.41, 5.74) is 0.653. The van der Waals surface area contributed by atoms with Crippen molar-refractivity contribution in [3.8, 4) is 0 Å². The molecule has 1 unspecified atom stereocenters. The van der Waals surface area contributed by atoms with E-state index in [4.69, 9.17) is 11.6 Å². The van der Waals surface area contributed by atoms with E-state index in [9.17, 15) is 4.79 Å². The average molecular weight is 226 g/mol. The number of amides is 1. The van der Waals surface area contributed by atoms with Crippen LogP contribution < -0.4 is 10.6 Å². The van der Waals surface area contributed by atoms with Gasteiger partial charge in [0.1, 0.15) is 6.04 Å². The third-order valence-corrected chi connectivity index (χ3v) is 2.52. The second-order valence-corrected chi connectivity index (χ2v) is 3.96. The molecule has 0 radical (unpaired) electrons. The normalized spacial score (nSPS) is 19.1. The minimum Gasteiger partial charge on any atom is -0.357 e. The lowest BCUT2D eigenvalue weighted by Crippen LogP contribution is -2.39. The smallest absolute Gasteiger partial charge is 0.247 e. The van der Waals surface area contributed by atoms with Crippen LogP contribution in [-0.4, -0.2) is 16.9 Å². The highest BCUT2D eigenvalue weighted by molar-refractivity contribution is 6.31. The number of fused-ring (bicyclic) bond motifs is 1. The zero-order valence-corrected chi connectivity index (χ0v) is 9.14. The summed E-state index contributed by atoms with van der Waals surface area (Å²) in [6, 6.07) is 1.51. The molecule has 0 bridgehead atoms. The van der Waals surface area contributed by atoms with E-state index in [1.807, 2.05) is 6.92 Å². The Bertz CT molecular complexity index is 394. The van der Waals surface area contributed by atoms with Gasteiger partial charge in [0.15, 0.2) is 5.82 Å². The maximum Gasteiger partial charge on any atom is 0.247 e. The molecule has 1 atom stereocenters. The Morgan fingerprint density at radius 3 is 3.13 bits per heavy atom. The summed E-state index contributed by atoms with van der Waals surface area (Å²) >= 11 is 5.78. The summed E-state index contributed by atoms with van der Waals surface area (Å²) in [6.45, 7) is 2.04. The monoisotopic (exact) mass is 225 g/mol. The first kappa shape index (κ1) is 10.2. The Kier molecular flexibility index (Phi) is 2.77. The van der Waals surface area contributed by atoms with E-state index in [0.29, 0.717) is 16.5 Å². The van der Waals surface area contributed by atoms with E-state index in [2.05, 4.69) is 15.6 Å². The predicted octanol–water partition coefficient (Wildman–Crippen LogP) is 2.27. The van der Waals surface area contributed by atoms with Crippen LogP contribution in [0.2, 0.25) is 5.02 Å². The molecular weight excluding hydrogens is 214 g/mol. The number of nitrogens with zero attached hydrogens (tertiary/aromatic N) is 1. The van der Waals surface area contributed by atoms with Crippen molar-refractivity contribution < 1.29 is 4.79 Å². The van der Waals surface area contributed by atoms with Crippen LogP contribution in [0.1, 0.15) is 19.8 Å². The lowest BCUT2D eigenvalue weighted by Gasteiger charge is -2.25. The first-order valence-electron chi connectivity index (χ1n) is 4.93. The van der Waals surface area contributed by atoms with Crippen molar-refractivity contribution in [2.45, 2.75) is 25.8 Å². The SMILES string of the molecule is CCCC1Nc2ncc(Cl)cc2NC1=O. The Morgan fingerprint density at radius 2 is 2.40 bits per heavy atom. The van der Waals surface area contributed by atoms with Crippen molar-refractivity contribution in [3.05, 3.63) is 17.3 Å². The van der Waals surface area contributed by atoms with E-state index in [1.54, 1.807) is 12.3 Å². The molecule has 0 spiro atoms. The van der Waals surface area contributed by atoms with Gasteiger partial charge in [-0.15, -0.1) is 0 Å². The van der Waals surface area contributed by atoms with Crippen LogP contribution in [0.5, 0.6) is 0 Å². The summed E-state index contributed by atoms with van der Waals surface area (Å²) in [4.78, 5) is 15.7. The lowest BCUT2D eigenvalue weighted by molar-refractivity contribution is -0.117. The molecule has 4 nitrogen and oxygen atoms in total. The first-order valence-corrected chi connectivity index (χ1v) is 5.31. The quantitative estimate of drug-likeness (QED) is 0.812. The van der Waals surface area contributed by atoms with E-state index < -0.39 is 0 Å². The molecule has 0 saturated heterocycles. The third kappa shape index (κ3) is 2.04. The number of aromatic nitrogens is 1. The molecule has 1 aliphatic heterocycles. The summed E-state index contributed by atoms with van der Waals surface area (Å²) in [5.74, 6) is 0.672. The number of hydrogen-bond acceptors (Lipinski definition) is 3. The largest absolute Gasteiger partial charge is 0.357 e. The van der Waals surface area contributed by atoms with Crippen molar-refractivity contribution in [2.24, 2.45) is 0 Å². The highest BCUT2D eigenvalue weighted by Gasteiger charge is 2.25. The number of anilines is 2. The fraction of sp³-hybridized carbons (Fsp3) is 0.400. The van der Waals surface area contributed by atoms with Gasteiger partial charge in [-0.05, 0) is 12.5 Å². The molecule has 0 aromatic carbocycles. The van der Waals surface area contributed by atoms with Gasteiger partial charge in [-0.25, -0.2) is 4.98 Å². The molecule has 2 rings (SSSR count). The molecule has 1 amide bonds. The van der Waals surface area contributed by atoms with Gasteiger partial charge in [0.2, 0.25) is 5.91 Å². The Morgan fingerprint density at radius 1 is 1.60 bits per heavy atom. The summed E-state index contributed by atoms with van der Waals surface area (Å²) < 4.78 is 0. The molecule has 1 aliphatic rings. The minimum atomic E-state index is -0.184. The molecule has 1 aromatic heterocycles. The van der Waals surface area contributed by atoms with Gasteiger partial charge in [0.05, 0.1) is 10.7 Å². The number of rotatable bonds is 2. The average Bonchev–Trinajstić information content (AvgIpc) is 2.20. The van der Waals surface area contributed by atoms with Gasteiger partial charge >= 0.3 is 0 Å². The van der Waals surface area contributed by atoms with Gasteiger partial charge in [-0.3, -0.25) is 4.79 Å². The van der Waals surface area contributed by atoms with E-state index in [1.165, 1.54) is 0 Å². The molecule has 2 N–H and O–H groups in total. The van der Waals surface area contributed by atoms with Gasteiger partial charge in [-0.2, -0.15) is 0 Å². The molecule has 2 heterocycles. The van der Waals surface area contributed by atoms with Crippen LogP contribution in [0.3, 0.4) is 0 Å². The van der Waals surface area contributed by atoms with Gasteiger partial charge in [-0.1, -0.05) is 24.9 Å². The maximum absolute atomic E-state index is 11.6. The third-order valence-electron chi connectivity index (χ3n) is 2.32. The lowest BCUT2D eigenvalue weighted by atomic mass is 10.1. The number of pyridine rings is 1. The van der Waals surface area contributed by atoms with Crippen molar-refractivity contribution in [1.29, 1.82) is 0 Å². The summed E-state index contributed by atoms with van der Waals surface area (Å²) in [7, 11) is 0. The van der Waals surface area contributed by atoms with E-state index in [-0.39, 0.29) is 11.9 Å². The Hall–Kier alpha value is -1.29. The van der Waals surface area contributed by atoms with Crippen LogP contribution in [0.25, 0.3) is 0 Å². The van der Waals surface area contributed by atoms with Crippen LogP contribution in [-0.2, 0) is 4.79 Å². The molecule has 15 heavy (non-hydrogen) atoms. The zero-order chi connectivity index (χ0) is 10.8. The predicted molar refractivity (Wildman–Crippen MR) is 60.2 cm³/mol. The second kappa shape index (κ2) is 4.06. The number of nitrogens with one attached hydrogen (secondary N) is 2. The number of halogens is 1. The van der Waals surface area contributed by atoms with Crippen LogP contribution in [0.15, 0.2) is 12.3 Å². The van der Waals surface area contributed by atoms with E-state index in [0.717, 1.165) is 12.8 Å². The van der Waals surface area contributed by atoms with Crippen molar-refractivity contribution in [3.63, 3.8) is 0 Å². The topological polar surface area (TPSA) is 54.0 Å². The zero-order valence-electron chi connectivity index (χ0n) is 8.38. The fourth-order valence-electron chi connectivity index (χ4n) is 1.59.